The Labute approximate surface area is 97.7 Å². The molecule has 0 bridgehead atoms. The largest absolute Gasteiger partial charge is 0.334 e. The van der Waals surface area contributed by atoms with Gasteiger partial charge in [0.15, 0.2) is 0 Å². The SMILES string of the molecule is O=C(NC1CCCCC1)NN1CCCCC1. The smallest absolute Gasteiger partial charge is 0.329 e. The van der Waals surface area contributed by atoms with Gasteiger partial charge >= 0.3 is 6.03 Å². The molecule has 2 amide bonds. The molecule has 2 rings (SSSR count). The van der Waals surface area contributed by atoms with Gasteiger partial charge in [0.2, 0.25) is 0 Å². The number of hydrogen-bond donors (Lipinski definition) is 2. The Bertz CT molecular complexity index is 198. The van der Waals surface area contributed by atoms with Gasteiger partial charge in [0, 0.05) is 19.1 Å². The van der Waals surface area contributed by atoms with Crippen LogP contribution >= 0.6 is 0 Å². The molecular formula is C12H23N3O. The lowest BCUT2D eigenvalue weighted by Crippen LogP contribution is -2.51. The first-order valence-corrected chi connectivity index (χ1v) is 6.67. The van der Waals surface area contributed by atoms with Crippen LogP contribution in [0, 0.1) is 0 Å². The average molecular weight is 225 g/mol. The van der Waals surface area contributed by atoms with E-state index in [4.69, 9.17) is 0 Å². The van der Waals surface area contributed by atoms with E-state index in [2.05, 4.69) is 10.7 Å². The van der Waals surface area contributed by atoms with Crippen molar-refractivity contribution in [2.45, 2.75) is 57.4 Å². The summed E-state index contributed by atoms with van der Waals surface area (Å²) in [6.07, 6.45) is 9.83. The highest BCUT2D eigenvalue weighted by atomic mass is 16.2. The van der Waals surface area contributed by atoms with E-state index in [-0.39, 0.29) is 6.03 Å². The minimum absolute atomic E-state index is 0.00574. The summed E-state index contributed by atoms with van der Waals surface area (Å²) in [7, 11) is 0. The molecule has 0 aromatic carbocycles. The lowest BCUT2D eigenvalue weighted by Gasteiger charge is -2.29. The van der Waals surface area contributed by atoms with E-state index >= 15 is 0 Å². The Kier molecular flexibility index (Phi) is 4.45. The molecule has 2 aliphatic rings. The van der Waals surface area contributed by atoms with Crippen molar-refractivity contribution >= 4 is 6.03 Å². The normalized spacial score (nSPS) is 24.0. The number of amides is 2. The molecule has 0 aromatic heterocycles. The molecule has 2 N–H and O–H groups in total. The number of carbonyl (C=O) groups is 1. The zero-order valence-electron chi connectivity index (χ0n) is 10.0. The Morgan fingerprint density at radius 2 is 1.56 bits per heavy atom. The monoisotopic (exact) mass is 225 g/mol. The van der Waals surface area contributed by atoms with Gasteiger partial charge in [0.25, 0.3) is 0 Å². The van der Waals surface area contributed by atoms with Crippen molar-refractivity contribution in [1.82, 2.24) is 15.8 Å². The predicted octanol–water partition coefficient (Wildman–Crippen LogP) is 2.02. The Balaban J connectivity index is 1.66. The molecule has 16 heavy (non-hydrogen) atoms. The van der Waals surface area contributed by atoms with Gasteiger partial charge in [-0.15, -0.1) is 0 Å². The summed E-state index contributed by atoms with van der Waals surface area (Å²) in [4.78, 5) is 11.7. The summed E-state index contributed by atoms with van der Waals surface area (Å²) in [6.45, 7) is 2.00. The quantitative estimate of drug-likeness (QED) is 0.755. The fourth-order valence-electron chi connectivity index (χ4n) is 2.61. The van der Waals surface area contributed by atoms with Crippen molar-refractivity contribution in [2.24, 2.45) is 0 Å². The molecule has 0 unspecified atom stereocenters. The summed E-state index contributed by atoms with van der Waals surface area (Å²) in [6, 6.07) is 0.396. The molecule has 1 aliphatic carbocycles. The third-order valence-electron chi connectivity index (χ3n) is 3.56. The molecule has 2 fully saturated rings. The fraction of sp³-hybridized carbons (Fsp3) is 0.917. The number of piperidine rings is 1. The Hall–Kier alpha value is -0.770. The maximum absolute atomic E-state index is 11.7. The Morgan fingerprint density at radius 1 is 0.938 bits per heavy atom. The van der Waals surface area contributed by atoms with Gasteiger partial charge in [-0.3, -0.25) is 5.43 Å². The average Bonchev–Trinajstić information content (AvgIpc) is 2.31. The van der Waals surface area contributed by atoms with Crippen molar-refractivity contribution in [3.63, 3.8) is 0 Å². The third kappa shape index (κ3) is 3.67. The van der Waals surface area contributed by atoms with Crippen LogP contribution in [-0.2, 0) is 0 Å². The maximum Gasteiger partial charge on any atom is 0.329 e. The van der Waals surface area contributed by atoms with Crippen LogP contribution in [0.1, 0.15) is 51.4 Å². The second kappa shape index (κ2) is 6.09. The van der Waals surface area contributed by atoms with Crippen LogP contribution in [0.4, 0.5) is 4.79 Å². The van der Waals surface area contributed by atoms with Crippen LogP contribution in [0.15, 0.2) is 0 Å². The highest BCUT2D eigenvalue weighted by molar-refractivity contribution is 5.73. The topological polar surface area (TPSA) is 44.4 Å². The molecule has 0 atom stereocenters. The highest BCUT2D eigenvalue weighted by Crippen LogP contribution is 2.17. The number of carbonyl (C=O) groups excluding carboxylic acids is 1. The van der Waals surface area contributed by atoms with Crippen LogP contribution in [0.2, 0.25) is 0 Å². The predicted molar refractivity (Wildman–Crippen MR) is 64.0 cm³/mol. The van der Waals surface area contributed by atoms with Gasteiger partial charge in [-0.1, -0.05) is 25.7 Å². The fourth-order valence-corrected chi connectivity index (χ4v) is 2.61. The number of rotatable bonds is 2. The summed E-state index contributed by atoms with van der Waals surface area (Å²) in [5, 5.41) is 5.12. The van der Waals surface area contributed by atoms with Gasteiger partial charge in [0.05, 0.1) is 0 Å². The van der Waals surface area contributed by atoms with E-state index < -0.39 is 0 Å². The second-order valence-electron chi connectivity index (χ2n) is 4.97. The third-order valence-corrected chi connectivity index (χ3v) is 3.56. The van der Waals surface area contributed by atoms with Crippen molar-refractivity contribution in [1.29, 1.82) is 0 Å². The minimum Gasteiger partial charge on any atom is -0.334 e. The van der Waals surface area contributed by atoms with Crippen LogP contribution in [-0.4, -0.2) is 30.2 Å². The highest BCUT2D eigenvalue weighted by Gasteiger charge is 2.17. The van der Waals surface area contributed by atoms with Gasteiger partial charge in [-0.2, -0.15) is 0 Å². The molecule has 0 radical (unpaired) electrons. The summed E-state index contributed by atoms with van der Waals surface area (Å²) < 4.78 is 0. The molecule has 92 valence electrons. The maximum atomic E-state index is 11.7. The molecule has 1 saturated carbocycles. The van der Waals surface area contributed by atoms with Gasteiger partial charge in [-0.05, 0) is 25.7 Å². The van der Waals surface area contributed by atoms with E-state index in [0.717, 1.165) is 25.9 Å². The zero-order valence-corrected chi connectivity index (χ0v) is 10.0. The van der Waals surface area contributed by atoms with E-state index in [9.17, 15) is 4.79 Å². The van der Waals surface area contributed by atoms with E-state index in [1.54, 1.807) is 0 Å². The first-order chi connectivity index (χ1) is 7.84. The van der Waals surface area contributed by atoms with Crippen LogP contribution in [0.25, 0.3) is 0 Å². The zero-order chi connectivity index (χ0) is 11.2. The van der Waals surface area contributed by atoms with Gasteiger partial charge in [-0.25, -0.2) is 9.80 Å². The molecule has 4 heteroatoms. The molecule has 1 aliphatic heterocycles. The van der Waals surface area contributed by atoms with E-state index in [1.165, 1.54) is 38.5 Å². The first kappa shape index (κ1) is 11.7. The summed E-state index contributed by atoms with van der Waals surface area (Å²) in [5.41, 5.74) is 2.95. The summed E-state index contributed by atoms with van der Waals surface area (Å²) >= 11 is 0. The Morgan fingerprint density at radius 3 is 2.25 bits per heavy atom. The lowest BCUT2D eigenvalue weighted by atomic mass is 9.96. The molecular weight excluding hydrogens is 202 g/mol. The molecule has 0 spiro atoms. The minimum atomic E-state index is -0.00574. The van der Waals surface area contributed by atoms with Gasteiger partial charge < -0.3 is 5.32 Å². The number of hydrogen-bond acceptors (Lipinski definition) is 2. The molecule has 1 heterocycles. The summed E-state index contributed by atoms with van der Waals surface area (Å²) in [5.74, 6) is 0. The number of nitrogens with zero attached hydrogens (tertiary/aromatic N) is 1. The van der Waals surface area contributed by atoms with Gasteiger partial charge in [0.1, 0.15) is 0 Å². The number of urea groups is 1. The van der Waals surface area contributed by atoms with Crippen LogP contribution < -0.4 is 10.7 Å². The second-order valence-corrected chi connectivity index (χ2v) is 4.97. The molecule has 1 saturated heterocycles. The van der Waals surface area contributed by atoms with Crippen molar-refractivity contribution < 1.29 is 4.79 Å². The van der Waals surface area contributed by atoms with Crippen molar-refractivity contribution in [3.8, 4) is 0 Å². The molecule has 4 nitrogen and oxygen atoms in total. The molecule has 0 aromatic rings. The van der Waals surface area contributed by atoms with Crippen molar-refractivity contribution in [3.05, 3.63) is 0 Å². The van der Waals surface area contributed by atoms with Crippen LogP contribution in [0.3, 0.4) is 0 Å². The van der Waals surface area contributed by atoms with E-state index in [0.29, 0.717) is 6.04 Å². The lowest BCUT2D eigenvalue weighted by molar-refractivity contribution is 0.151. The van der Waals surface area contributed by atoms with Crippen molar-refractivity contribution in [2.75, 3.05) is 13.1 Å². The van der Waals surface area contributed by atoms with E-state index in [1.807, 2.05) is 5.01 Å². The van der Waals surface area contributed by atoms with Crippen LogP contribution in [0.5, 0.6) is 0 Å². The number of nitrogens with one attached hydrogen (secondary N) is 2. The number of hydrazine groups is 1. The standard InChI is InChI=1S/C12H23N3O/c16-12(13-11-7-3-1-4-8-11)14-15-9-5-2-6-10-15/h11H,1-10H2,(H2,13,14,16). The first-order valence-electron chi connectivity index (χ1n) is 6.67.